The van der Waals surface area contributed by atoms with E-state index in [-0.39, 0.29) is 25.7 Å². The van der Waals surface area contributed by atoms with E-state index in [1.165, 1.54) is 89.9 Å². The first-order valence-electron chi connectivity index (χ1n) is 39.8. The minimum absolute atomic E-state index is 0.0312. The van der Waals surface area contributed by atoms with Crippen LogP contribution in [0.15, 0.2) is 122 Å². The van der Waals surface area contributed by atoms with Gasteiger partial charge in [-0.3, -0.25) is 37.3 Å². The first-order valence-corrected chi connectivity index (χ1v) is 42.8. The van der Waals surface area contributed by atoms with Gasteiger partial charge in [-0.1, -0.05) is 290 Å². The highest BCUT2D eigenvalue weighted by molar-refractivity contribution is 7.47. The van der Waals surface area contributed by atoms with Gasteiger partial charge in [0.1, 0.15) is 19.3 Å². The van der Waals surface area contributed by atoms with Gasteiger partial charge in [-0.25, -0.2) is 9.13 Å². The number of rotatable bonds is 74. The molecule has 0 rings (SSSR count). The van der Waals surface area contributed by atoms with E-state index in [9.17, 15) is 43.2 Å². The van der Waals surface area contributed by atoms with E-state index in [2.05, 4.69) is 131 Å². The predicted molar refractivity (Wildman–Crippen MR) is 418 cm³/mol. The summed E-state index contributed by atoms with van der Waals surface area (Å²) in [4.78, 5) is 72.9. The maximum atomic E-state index is 13.1. The zero-order valence-electron chi connectivity index (χ0n) is 64.0. The number of hydrogen-bond donors (Lipinski definition) is 3. The topological polar surface area (TPSA) is 237 Å². The molecule has 0 radical (unpaired) electrons. The lowest BCUT2D eigenvalue weighted by Crippen LogP contribution is -2.30. The van der Waals surface area contributed by atoms with E-state index >= 15 is 0 Å². The van der Waals surface area contributed by atoms with Crippen LogP contribution < -0.4 is 0 Å². The molecule has 0 aromatic heterocycles. The molecular formula is C83H142O17P2. The van der Waals surface area contributed by atoms with Crippen molar-refractivity contribution < 1.29 is 80.2 Å². The van der Waals surface area contributed by atoms with Crippen LogP contribution in [0.4, 0.5) is 0 Å². The number of unbranched alkanes of at least 4 members (excludes halogenated alkanes) is 28. The number of esters is 4. The van der Waals surface area contributed by atoms with Crippen LogP contribution in [0.1, 0.15) is 323 Å². The van der Waals surface area contributed by atoms with E-state index in [0.717, 1.165) is 148 Å². The van der Waals surface area contributed by atoms with Gasteiger partial charge in [-0.05, 0) is 128 Å². The number of ether oxygens (including phenoxy) is 4. The summed E-state index contributed by atoms with van der Waals surface area (Å²) in [6.45, 7) is 4.61. The first-order chi connectivity index (χ1) is 49.7. The summed E-state index contributed by atoms with van der Waals surface area (Å²) in [5.74, 6) is -2.29. The van der Waals surface area contributed by atoms with Crippen molar-refractivity contribution in [2.24, 2.45) is 0 Å². The third kappa shape index (κ3) is 73.8. The number of hydrogen-bond acceptors (Lipinski definition) is 15. The first kappa shape index (κ1) is 97.5. The van der Waals surface area contributed by atoms with Gasteiger partial charge in [0.25, 0.3) is 0 Å². The van der Waals surface area contributed by atoms with Gasteiger partial charge in [-0.15, -0.1) is 0 Å². The van der Waals surface area contributed by atoms with Crippen molar-refractivity contribution in [1.82, 2.24) is 0 Å². The molecule has 5 atom stereocenters. The van der Waals surface area contributed by atoms with Gasteiger partial charge in [0.05, 0.1) is 26.4 Å². The Labute approximate surface area is 619 Å². The standard InChI is InChI=1S/C83H142O17P2/c1-5-9-13-17-21-25-29-33-36-37-38-39-42-45-48-52-56-60-64-68-81(86)94-74-79(100-83(88)70-66-62-58-54-50-46-41-35-31-27-23-19-15-11-7-3)76-98-102(91,92)96-72-77(84)71-95-101(89,90)97-75-78(99-82(87)69-65-61-57-53-49-43-32-28-24-20-16-12-8-4)73-93-80(85)67-63-59-55-51-47-44-40-34-30-26-22-18-14-10-6-2/h9,13,21-23,25-27,33-36,38-41,45,48,56,60,77-79,84H,5-8,10-12,14-20,24,28-32,37,42-44,46-47,49-55,57-59,61-76H2,1-4H3,(H,89,90)(H,91,92)/b13-9-,25-21-,26-22-,27-23-,36-33-,39-38-,40-34-,41-35-,48-45-,60-56-/t77-,78+,79+/m0/s1. The Morgan fingerprint density at radius 3 is 0.863 bits per heavy atom. The number of carbonyl (C=O) groups excluding carboxylic acids is 4. The molecule has 0 aliphatic rings. The maximum Gasteiger partial charge on any atom is 0.472 e. The summed E-state index contributed by atoms with van der Waals surface area (Å²) in [6, 6.07) is 0. The SMILES string of the molecule is CC/C=C\C/C=C\C/C=C\C/C=C\C/C=C\C/C=C\CCC(=O)OC[C@H](COP(=O)(O)OC[C@@H](O)COP(=O)(O)OC[C@@H](COC(=O)CCCCCCC/C=C\C/C=C\CCCCC)OC(=O)CCCCCCCCCCCCCCC)OC(=O)CCCCCCC/C=C\C/C=C\CCCCC. The van der Waals surface area contributed by atoms with E-state index in [4.69, 9.17) is 37.0 Å². The average Bonchev–Trinajstić information content (AvgIpc) is 0.924. The number of carbonyl (C=O) groups is 4. The summed E-state index contributed by atoms with van der Waals surface area (Å²) in [7, 11) is -9.98. The van der Waals surface area contributed by atoms with E-state index in [1.807, 2.05) is 18.2 Å². The molecule has 3 N–H and O–H groups in total. The van der Waals surface area contributed by atoms with Crippen molar-refractivity contribution in [3.05, 3.63) is 122 Å². The van der Waals surface area contributed by atoms with Crippen molar-refractivity contribution in [3.8, 4) is 0 Å². The summed E-state index contributed by atoms with van der Waals surface area (Å²) in [5.41, 5.74) is 0. The smallest absolute Gasteiger partial charge is 0.462 e. The van der Waals surface area contributed by atoms with Gasteiger partial charge >= 0.3 is 39.5 Å². The summed E-state index contributed by atoms with van der Waals surface area (Å²) >= 11 is 0. The van der Waals surface area contributed by atoms with Crippen molar-refractivity contribution in [2.45, 2.75) is 341 Å². The molecular weight excluding hydrogens is 1330 g/mol. The molecule has 2 unspecified atom stereocenters. The summed E-state index contributed by atoms with van der Waals surface area (Å²) in [5, 5.41) is 10.6. The lowest BCUT2D eigenvalue weighted by atomic mass is 10.0. The predicted octanol–water partition coefficient (Wildman–Crippen LogP) is 23.1. The Morgan fingerprint density at radius 2 is 0.529 bits per heavy atom. The van der Waals surface area contributed by atoms with Gasteiger partial charge in [0.2, 0.25) is 0 Å². The van der Waals surface area contributed by atoms with Crippen LogP contribution in [0.25, 0.3) is 0 Å². The van der Waals surface area contributed by atoms with Crippen LogP contribution >= 0.6 is 15.6 Å². The van der Waals surface area contributed by atoms with Crippen LogP contribution in [0, 0.1) is 0 Å². The Hall–Kier alpha value is -4.54. The van der Waals surface area contributed by atoms with Crippen molar-refractivity contribution in [1.29, 1.82) is 0 Å². The number of phosphoric ester groups is 2. The van der Waals surface area contributed by atoms with Crippen molar-refractivity contribution >= 4 is 39.5 Å². The minimum Gasteiger partial charge on any atom is -0.462 e. The molecule has 0 spiro atoms. The lowest BCUT2D eigenvalue weighted by molar-refractivity contribution is -0.161. The van der Waals surface area contributed by atoms with Crippen LogP contribution in [0.2, 0.25) is 0 Å². The third-order valence-electron chi connectivity index (χ3n) is 16.4. The third-order valence-corrected chi connectivity index (χ3v) is 18.3. The molecule has 0 aliphatic heterocycles. The van der Waals surface area contributed by atoms with E-state index in [1.54, 1.807) is 0 Å². The fourth-order valence-corrected chi connectivity index (χ4v) is 11.9. The van der Waals surface area contributed by atoms with Crippen LogP contribution in [0.5, 0.6) is 0 Å². The Kier molecular flexibility index (Phi) is 71.4. The molecule has 0 heterocycles. The molecule has 0 aliphatic carbocycles. The largest absolute Gasteiger partial charge is 0.472 e. The average molecular weight is 1470 g/mol. The van der Waals surface area contributed by atoms with E-state index in [0.29, 0.717) is 32.1 Å². The second-order valence-electron chi connectivity index (χ2n) is 26.3. The fraction of sp³-hybridized carbons (Fsp3) is 0.711. The molecule has 0 bridgehead atoms. The van der Waals surface area contributed by atoms with Crippen LogP contribution in [-0.4, -0.2) is 96.7 Å². The lowest BCUT2D eigenvalue weighted by Gasteiger charge is -2.21. The zero-order chi connectivity index (χ0) is 74.6. The Bertz CT molecular complexity index is 2410. The van der Waals surface area contributed by atoms with Crippen molar-refractivity contribution in [2.75, 3.05) is 39.6 Å². The summed E-state index contributed by atoms with van der Waals surface area (Å²) in [6.07, 6.45) is 81.9. The maximum absolute atomic E-state index is 13.1. The van der Waals surface area contributed by atoms with Crippen LogP contribution in [-0.2, 0) is 65.4 Å². The summed E-state index contributed by atoms with van der Waals surface area (Å²) < 4.78 is 68.5. The molecule has 0 saturated carbocycles. The molecule has 102 heavy (non-hydrogen) atoms. The van der Waals surface area contributed by atoms with Gasteiger partial charge in [0, 0.05) is 25.7 Å². The molecule has 0 aromatic carbocycles. The highest BCUT2D eigenvalue weighted by Gasteiger charge is 2.30. The molecule has 0 amide bonds. The number of phosphoric acid groups is 2. The normalized spacial score (nSPS) is 14.5. The van der Waals surface area contributed by atoms with Gasteiger partial charge in [-0.2, -0.15) is 0 Å². The molecule has 586 valence electrons. The van der Waals surface area contributed by atoms with Gasteiger partial charge in [0.15, 0.2) is 12.2 Å². The number of aliphatic hydroxyl groups is 1. The highest BCUT2D eigenvalue weighted by Crippen LogP contribution is 2.45. The fourth-order valence-electron chi connectivity index (χ4n) is 10.4. The van der Waals surface area contributed by atoms with Gasteiger partial charge < -0.3 is 33.8 Å². The minimum atomic E-state index is -5.00. The number of allylic oxidation sites excluding steroid dienone is 20. The monoisotopic (exact) mass is 1470 g/mol. The molecule has 0 saturated heterocycles. The molecule has 17 nitrogen and oxygen atoms in total. The second kappa shape index (κ2) is 74.7. The molecule has 19 heteroatoms. The number of aliphatic hydroxyl groups excluding tert-OH is 1. The highest BCUT2D eigenvalue weighted by atomic mass is 31.2. The quantitative estimate of drug-likeness (QED) is 0.0169. The second-order valence-corrected chi connectivity index (χ2v) is 29.2. The van der Waals surface area contributed by atoms with Crippen molar-refractivity contribution in [3.63, 3.8) is 0 Å². The molecule has 0 fully saturated rings. The van der Waals surface area contributed by atoms with E-state index < -0.39 is 97.5 Å². The zero-order valence-corrected chi connectivity index (χ0v) is 65.8. The van der Waals surface area contributed by atoms with Crippen LogP contribution in [0.3, 0.4) is 0 Å². The molecule has 0 aromatic rings. The Morgan fingerprint density at radius 1 is 0.284 bits per heavy atom. The Balaban J connectivity index is 5.43.